The first-order chi connectivity index (χ1) is 10.1. The Kier molecular flexibility index (Phi) is 4.31. The van der Waals surface area contributed by atoms with Gasteiger partial charge in [-0.3, -0.25) is 9.89 Å². The molecule has 0 spiro atoms. The van der Waals surface area contributed by atoms with Gasteiger partial charge in [-0.15, -0.1) is 0 Å². The van der Waals surface area contributed by atoms with Crippen molar-refractivity contribution < 1.29 is 4.79 Å². The number of hydrogen-bond donors (Lipinski definition) is 1. The maximum Gasteiger partial charge on any atom is 0.253 e. The molecule has 2 heterocycles. The summed E-state index contributed by atoms with van der Waals surface area (Å²) in [6.07, 6.45) is 3.83. The quantitative estimate of drug-likeness (QED) is 0.875. The molecule has 0 aliphatic carbocycles. The molecule has 0 saturated carbocycles. The summed E-state index contributed by atoms with van der Waals surface area (Å²) in [5, 5.41) is 7.57. The predicted octanol–water partition coefficient (Wildman–Crippen LogP) is 3.85. The third-order valence-corrected chi connectivity index (χ3v) is 4.46. The minimum absolute atomic E-state index is 0.0300. The fourth-order valence-corrected chi connectivity index (χ4v) is 3.63. The molecule has 1 amide bonds. The van der Waals surface area contributed by atoms with Gasteiger partial charge in [0.25, 0.3) is 5.91 Å². The fourth-order valence-electron chi connectivity index (χ4n) is 2.77. The van der Waals surface area contributed by atoms with Crippen molar-refractivity contribution in [2.45, 2.75) is 18.8 Å². The van der Waals surface area contributed by atoms with Crippen molar-refractivity contribution in [1.82, 2.24) is 15.1 Å². The summed E-state index contributed by atoms with van der Waals surface area (Å²) >= 11 is 9.41. The number of H-pyrrole nitrogens is 1. The first-order valence-corrected chi connectivity index (χ1v) is 8.05. The largest absolute Gasteiger partial charge is 0.338 e. The van der Waals surface area contributed by atoms with Gasteiger partial charge in [0, 0.05) is 46.0 Å². The Morgan fingerprint density at radius 3 is 3.00 bits per heavy atom. The second kappa shape index (κ2) is 6.20. The maximum absolute atomic E-state index is 12.6. The molecule has 1 aromatic heterocycles. The van der Waals surface area contributed by atoms with Crippen LogP contribution in [0.5, 0.6) is 0 Å². The van der Waals surface area contributed by atoms with Gasteiger partial charge in [-0.1, -0.05) is 27.5 Å². The molecular weight excluding hydrogens is 354 g/mol. The number of likely N-dealkylation sites (tertiary alicyclic amines) is 1. The molecular formula is C15H15BrClN3O. The summed E-state index contributed by atoms with van der Waals surface area (Å²) in [4.78, 5) is 14.5. The van der Waals surface area contributed by atoms with Crippen LogP contribution in [0.4, 0.5) is 0 Å². The Hall–Kier alpha value is -1.33. The summed E-state index contributed by atoms with van der Waals surface area (Å²) in [6, 6.07) is 7.29. The van der Waals surface area contributed by atoms with Crippen LogP contribution in [0, 0.1) is 0 Å². The van der Waals surface area contributed by atoms with E-state index in [4.69, 9.17) is 11.6 Å². The van der Waals surface area contributed by atoms with Crippen LogP contribution in [0.3, 0.4) is 0 Å². The lowest BCUT2D eigenvalue weighted by Crippen LogP contribution is -2.39. The molecule has 2 aromatic rings. The van der Waals surface area contributed by atoms with E-state index in [0.29, 0.717) is 23.0 Å². The molecule has 21 heavy (non-hydrogen) atoms. The van der Waals surface area contributed by atoms with Gasteiger partial charge < -0.3 is 4.90 Å². The monoisotopic (exact) mass is 367 g/mol. The second-order valence-electron chi connectivity index (χ2n) is 5.26. The number of benzene rings is 1. The van der Waals surface area contributed by atoms with E-state index in [-0.39, 0.29) is 5.91 Å². The highest BCUT2D eigenvalue weighted by Gasteiger charge is 2.26. The number of halogens is 2. The fraction of sp³-hybridized carbons (Fsp3) is 0.333. The number of hydrogen-bond acceptors (Lipinski definition) is 2. The molecule has 1 aliphatic rings. The number of piperidine rings is 1. The zero-order valence-corrected chi connectivity index (χ0v) is 13.7. The van der Waals surface area contributed by atoms with Crippen LogP contribution >= 0.6 is 27.5 Å². The van der Waals surface area contributed by atoms with Gasteiger partial charge in [0.05, 0.1) is 0 Å². The molecule has 1 fully saturated rings. The zero-order valence-electron chi connectivity index (χ0n) is 11.4. The van der Waals surface area contributed by atoms with E-state index < -0.39 is 0 Å². The van der Waals surface area contributed by atoms with Gasteiger partial charge in [0.1, 0.15) is 0 Å². The Balaban J connectivity index is 1.78. The van der Waals surface area contributed by atoms with Crippen molar-refractivity contribution in [1.29, 1.82) is 0 Å². The lowest BCUT2D eigenvalue weighted by Gasteiger charge is -2.32. The van der Waals surface area contributed by atoms with E-state index in [1.165, 1.54) is 0 Å². The SMILES string of the molecule is O=C(c1cc(Cl)cc(Br)c1)N1CCCC(c2ccn[nH]2)C1. The molecule has 1 unspecified atom stereocenters. The van der Waals surface area contributed by atoms with E-state index >= 15 is 0 Å². The van der Waals surface area contributed by atoms with Crippen LogP contribution in [0.15, 0.2) is 34.9 Å². The third kappa shape index (κ3) is 3.30. The van der Waals surface area contributed by atoms with Crippen LogP contribution in [-0.2, 0) is 0 Å². The van der Waals surface area contributed by atoms with E-state index in [1.807, 2.05) is 17.0 Å². The van der Waals surface area contributed by atoms with Gasteiger partial charge in [-0.05, 0) is 37.1 Å². The van der Waals surface area contributed by atoms with Gasteiger partial charge in [0.2, 0.25) is 0 Å². The van der Waals surface area contributed by atoms with Gasteiger partial charge in [0.15, 0.2) is 0 Å². The second-order valence-corrected chi connectivity index (χ2v) is 6.61. The first-order valence-electron chi connectivity index (χ1n) is 6.88. The number of carbonyl (C=O) groups is 1. The highest BCUT2D eigenvalue weighted by atomic mass is 79.9. The van der Waals surface area contributed by atoms with E-state index in [9.17, 15) is 4.79 Å². The van der Waals surface area contributed by atoms with Crippen LogP contribution in [-0.4, -0.2) is 34.1 Å². The van der Waals surface area contributed by atoms with E-state index in [0.717, 1.165) is 29.6 Å². The standard InChI is InChI=1S/C15H15BrClN3O/c16-12-6-11(7-13(17)8-12)15(21)20-5-1-2-10(9-20)14-3-4-18-19-14/h3-4,6-8,10H,1-2,5,9H2,(H,18,19). The van der Waals surface area contributed by atoms with Crippen molar-refractivity contribution in [2.75, 3.05) is 13.1 Å². The highest BCUT2D eigenvalue weighted by molar-refractivity contribution is 9.10. The number of carbonyl (C=O) groups excluding carboxylic acids is 1. The topological polar surface area (TPSA) is 49.0 Å². The average molecular weight is 369 g/mol. The van der Waals surface area contributed by atoms with Gasteiger partial charge in [-0.2, -0.15) is 5.10 Å². The number of amides is 1. The average Bonchev–Trinajstić information content (AvgIpc) is 3.00. The summed E-state index contributed by atoms with van der Waals surface area (Å²) in [6.45, 7) is 1.50. The van der Waals surface area contributed by atoms with E-state index in [2.05, 4.69) is 26.1 Å². The number of aromatic amines is 1. The zero-order chi connectivity index (χ0) is 14.8. The van der Waals surface area contributed by atoms with Crippen LogP contribution in [0.25, 0.3) is 0 Å². The normalized spacial score (nSPS) is 18.8. The molecule has 4 nitrogen and oxygen atoms in total. The Labute approximate surface area is 136 Å². The molecule has 1 N–H and O–H groups in total. The molecule has 1 aliphatic heterocycles. The molecule has 1 saturated heterocycles. The molecule has 6 heteroatoms. The summed E-state index contributed by atoms with van der Waals surface area (Å²) < 4.78 is 0.820. The molecule has 110 valence electrons. The Bertz CT molecular complexity index is 624. The summed E-state index contributed by atoms with van der Waals surface area (Å²) in [5.41, 5.74) is 1.72. The summed E-state index contributed by atoms with van der Waals surface area (Å²) in [5.74, 6) is 0.357. The number of rotatable bonds is 2. The number of nitrogens with zero attached hydrogens (tertiary/aromatic N) is 2. The minimum Gasteiger partial charge on any atom is -0.338 e. The predicted molar refractivity (Wildman–Crippen MR) is 85.6 cm³/mol. The van der Waals surface area contributed by atoms with Crippen molar-refractivity contribution in [3.63, 3.8) is 0 Å². The molecule has 3 rings (SSSR count). The van der Waals surface area contributed by atoms with Crippen LogP contribution in [0.1, 0.15) is 34.8 Å². The number of aromatic nitrogens is 2. The van der Waals surface area contributed by atoms with Crippen LogP contribution in [0.2, 0.25) is 5.02 Å². The van der Waals surface area contributed by atoms with Crippen molar-refractivity contribution in [2.24, 2.45) is 0 Å². The summed E-state index contributed by atoms with van der Waals surface area (Å²) in [7, 11) is 0. The molecule has 0 radical (unpaired) electrons. The minimum atomic E-state index is 0.0300. The van der Waals surface area contributed by atoms with E-state index in [1.54, 1.807) is 18.3 Å². The lowest BCUT2D eigenvalue weighted by atomic mass is 9.94. The Morgan fingerprint density at radius 1 is 1.43 bits per heavy atom. The van der Waals surface area contributed by atoms with Crippen molar-refractivity contribution >= 4 is 33.4 Å². The first kappa shape index (κ1) is 14.6. The lowest BCUT2D eigenvalue weighted by molar-refractivity contribution is 0.0706. The molecule has 1 atom stereocenters. The maximum atomic E-state index is 12.6. The molecule has 1 aromatic carbocycles. The van der Waals surface area contributed by atoms with Crippen molar-refractivity contribution in [3.8, 4) is 0 Å². The van der Waals surface area contributed by atoms with Gasteiger partial charge >= 0.3 is 0 Å². The highest BCUT2D eigenvalue weighted by Crippen LogP contribution is 2.27. The number of nitrogens with one attached hydrogen (secondary N) is 1. The smallest absolute Gasteiger partial charge is 0.253 e. The third-order valence-electron chi connectivity index (χ3n) is 3.78. The van der Waals surface area contributed by atoms with Gasteiger partial charge in [-0.25, -0.2) is 0 Å². The molecule has 0 bridgehead atoms. The van der Waals surface area contributed by atoms with Crippen LogP contribution < -0.4 is 0 Å². The Morgan fingerprint density at radius 2 is 2.29 bits per heavy atom. The van der Waals surface area contributed by atoms with Crippen molar-refractivity contribution in [3.05, 3.63) is 51.2 Å².